The number of hydrogen-bond acceptors (Lipinski definition) is 14. The standard InChI is InChI=1S/C43H56O15/c44-31-21-26(22-32(45)38(31)51)25-56-40-28-15-17-37(54-19-12-10-8-6-4-2-1-3-5-7-9-11-13-35(48)49)58-42(28)29-14-16-36(50)57-41(29)30(40)18-20-55-43(53)27-23-33(46)39(52)34(47)24-27/h21-24,36-37,44-47,50-52H,1-20,25H2,(H,48,49). The molecule has 0 fully saturated rings. The number of aromatic hydroxyl groups is 6. The lowest BCUT2D eigenvalue weighted by molar-refractivity contribution is -0.137. The molecular weight excluding hydrogens is 756 g/mol. The molecule has 2 atom stereocenters. The maximum absolute atomic E-state index is 12.9. The molecule has 0 amide bonds. The van der Waals surface area contributed by atoms with Crippen molar-refractivity contribution in [2.75, 3.05) is 13.2 Å². The second-order valence-corrected chi connectivity index (χ2v) is 14.9. The molecule has 2 aliphatic heterocycles. The molecule has 58 heavy (non-hydrogen) atoms. The highest BCUT2D eigenvalue weighted by Gasteiger charge is 2.35. The predicted molar refractivity (Wildman–Crippen MR) is 209 cm³/mol. The van der Waals surface area contributed by atoms with Crippen LogP contribution in [-0.2, 0) is 40.1 Å². The smallest absolute Gasteiger partial charge is 0.338 e. The normalized spacial score (nSPS) is 15.8. The molecule has 0 radical (unpaired) electrons. The van der Waals surface area contributed by atoms with E-state index in [1.807, 2.05) is 0 Å². The first-order chi connectivity index (χ1) is 27.9. The molecule has 0 aromatic heterocycles. The molecule has 2 unspecified atom stereocenters. The number of unbranched alkanes of at least 4 members (excludes halogenated alkanes) is 11. The number of fused-ring (bicyclic) bond motifs is 3. The molecule has 318 valence electrons. The van der Waals surface area contributed by atoms with Crippen molar-refractivity contribution in [3.8, 4) is 51.7 Å². The molecule has 2 aliphatic rings. The summed E-state index contributed by atoms with van der Waals surface area (Å²) in [6.45, 7) is 0.147. The van der Waals surface area contributed by atoms with Crippen LogP contribution in [0, 0.1) is 0 Å². The van der Waals surface area contributed by atoms with E-state index in [4.69, 9.17) is 28.8 Å². The maximum Gasteiger partial charge on any atom is 0.338 e. The van der Waals surface area contributed by atoms with E-state index in [2.05, 4.69) is 0 Å². The number of carboxylic acids is 1. The van der Waals surface area contributed by atoms with Crippen molar-refractivity contribution in [3.05, 3.63) is 52.1 Å². The van der Waals surface area contributed by atoms with Crippen LogP contribution in [0.4, 0.5) is 0 Å². The zero-order valence-electron chi connectivity index (χ0n) is 32.7. The number of phenols is 6. The Labute approximate surface area is 337 Å². The molecule has 8 N–H and O–H groups in total. The summed E-state index contributed by atoms with van der Waals surface area (Å²) in [6, 6.07) is 4.43. The maximum atomic E-state index is 12.9. The van der Waals surface area contributed by atoms with E-state index in [1.54, 1.807) is 0 Å². The van der Waals surface area contributed by atoms with Gasteiger partial charge in [-0.05, 0) is 55.5 Å². The second kappa shape index (κ2) is 21.5. The Kier molecular flexibility index (Phi) is 16.2. The number of carboxylic acid groups (broad SMARTS) is 1. The van der Waals surface area contributed by atoms with Gasteiger partial charge in [-0.1, -0.05) is 64.2 Å². The Bertz CT molecular complexity index is 1810. The molecule has 0 saturated carbocycles. The van der Waals surface area contributed by atoms with Crippen molar-refractivity contribution in [3.63, 3.8) is 0 Å². The van der Waals surface area contributed by atoms with Crippen LogP contribution < -0.4 is 14.2 Å². The number of benzene rings is 3. The summed E-state index contributed by atoms with van der Waals surface area (Å²) < 4.78 is 30.5. The van der Waals surface area contributed by atoms with Gasteiger partial charge in [0, 0.05) is 42.4 Å². The summed E-state index contributed by atoms with van der Waals surface area (Å²) in [7, 11) is 0. The van der Waals surface area contributed by atoms with Crippen LogP contribution >= 0.6 is 0 Å². The van der Waals surface area contributed by atoms with Gasteiger partial charge in [-0.15, -0.1) is 0 Å². The summed E-state index contributed by atoms with van der Waals surface area (Å²) in [5.74, 6) is -4.34. The first-order valence-electron chi connectivity index (χ1n) is 20.3. The summed E-state index contributed by atoms with van der Waals surface area (Å²) >= 11 is 0. The average Bonchev–Trinajstić information content (AvgIpc) is 3.19. The van der Waals surface area contributed by atoms with Crippen molar-refractivity contribution >= 4 is 11.9 Å². The molecule has 3 aromatic rings. The van der Waals surface area contributed by atoms with E-state index in [1.165, 1.54) is 44.2 Å². The van der Waals surface area contributed by atoms with Crippen LogP contribution in [0.3, 0.4) is 0 Å². The minimum Gasteiger partial charge on any atom is -0.504 e. The minimum absolute atomic E-state index is 0.0433. The van der Waals surface area contributed by atoms with E-state index in [0.29, 0.717) is 71.8 Å². The average molecular weight is 813 g/mol. The van der Waals surface area contributed by atoms with Crippen molar-refractivity contribution in [1.29, 1.82) is 0 Å². The van der Waals surface area contributed by atoms with Gasteiger partial charge >= 0.3 is 11.9 Å². The van der Waals surface area contributed by atoms with Crippen molar-refractivity contribution in [1.82, 2.24) is 0 Å². The number of phenolic OH excluding ortho intramolecular Hbond substituents is 6. The SMILES string of the molecule is O=C(O)CCCCCCCCCCCCCCOC1CCc2c(OCc3cc(O)c(O)c(O)c3)c(CCOC(=O)c3cc(O)c(O)c(O)c3)c3c(c2O1)CCC(O)O3. The highest BCUT2D eigenvalue weighted by atomic mass is 16.7. The third kappa shape index (κ3) is 12.1. The van der Waals surface area contributed by atoms with Gasteiger partial charge in [-0.2, -0.15) is 0 Å². The number of aliphatic hydroxyl groups is 1. The Morgan fingerprint density at radius 2 is 1.21 bits per heavy atom. The molecule has 3 aromatic carbocycles. The number of carbonyl (C=O) groups excluding carboxylic acids is 1. The lowest BCUT2D eigenvalue weighted by Crippen LogP contribution is -2.30. The Morgan fingerprint density at radius 1 is 0.655 bits per heavy atom. The number of carbonyl (C=O) groups is 2. The van der Waals surface area contributed by atoms with E-state index < -0.39 is 59.0 Å². The van der Waals surface area contributed by atoms with Crippen molar-refractivity contribution in [2.45, 2.75) is 135 Å². The van der Waals surface area contributed by atoms with Gasteiger partial charge in [0.2, 0.25) is 0 Å². The van der Waals surface area contributed by atoms with Gasteiger partial charge in [0.1, 0.15) is 23.9 Å². The van der Waals surface area contributed by atoms with Gasteiger partial charge in [0.15, 0.2) is 47.1 Å². The molecule has 0 spiro atoms. The molecule has 0 saturated heterocycles. The number of aliphatic carboxylic acids is 1. The zero-order valence-corrected chi connectivity index (χ0v) is 32.7. The van der Waals surface area contributed by atoms with E-state index in [-0.39, 0.29) is 31.6 Å². The minimum atomic E-state index is -1.13. The lowest BCUT2D eigenvalue weighted by Gasteiger charge is -2.34. The van der Waals surface area contributed by atoms with Crippen LogP contribution in [0.15, 0.2) is 24.3 Å². The lowest BCUT2D eigenvalue weighted by atomic mass is 9.91. The number of aliphatic hydroxyl groups excluding tert-OH is 1. The first kappa shape index (κ1) is 43.8. The van der Waals surface area contributed by atoms with E-state index in [0.717, 1.165) is 57.1 Å². The molecule has 2 heterocycles. The van der Waals surface area contributed by atoms with Crippen molar-refractivity contribution < 1.29 is 74.1 Å². The Morgan fingerprint density at radius 3 is 1.81 bits per heavy atom. The van der Waals surface area contributed by atoms with Gasteiger partial charge in [-0.3, -0.25) is 4.79 Å². The summed E-state index contributed by atoms with van der Waals surface area (Å²) in [4.78, 5) is 23.5. The van der Waals surface area contributed by atoms with Crippen LogP contribution in [0.5, 0.6) is 51.7 Å². The molecule has 15 heteroatoms. The molecular formula is C43H56O15. The van der Waals surface area contributed by atoms with E-state index in [9.17, 15) is 45.3 Å². The molecule has 0 aliphatic carbocycles. The van der Waals surface area contributed by atoms with Crippen LogP contribution in [0.1, 0.15) is 129 Å². The third-order valence-electron chi connectivity index (χ3n) is 10.4. The van der Waals surface area contributed by atoms with Crippen molar-refractivity contribution in [2.24, 2.45) is 0 Å². The topological polar surface area (TPSA) is 242 Å². The highest BCUT2D eigenvalue weighted by molar-refractivity contribution is 5.91. The summed E-state index contributed by atoms with van der Waals surface area (Å²) in [5.41, 5.74) is 2.03. The fourth-order valence-electron chi connectivity index (χ4n) is 7.34. The number of esters is 1. The number of hydrogen-bond donors (Lipinski definition) is 8. The quantitative estimate of drug-likeness (QED) is 0.0265. The third-order valence-corrected chi connectivity index (χ3v) is 10.4. The monoisotopic (exact) mass is 812 g/mol. The van der Waals surface area contributed by atoms with Crippen LogP contribution in [0.2, 0.25) is 0 Å². The fourth-order valence-corrected chi connectivity index (χ4v) is 7.34. The van der Waals surface area contributed by atoms with Gasteiger partial charge in [0.25, 0.3) is 0 Å². The molecule has 15 nitrogen and oxygen atoms in total. The number of rotatable bonds is 23. The van der Waals surface area contributed by atoms with Gasteiger partial charge in [-0.25, -0.2) is 4.79 Å². The first-order valence-corrected chi connectivity index (χ1v) is 20.3. The Hall–Kier alpha value is -5.28. The molecule has 5 rings (SSSR count). The largest absolute Gasteiger partial charge is 0.504 e. The Balaban J connectivity index is 1.20. The fraction of sp³-hybridized carbons (Fsp3) is 0.535. The summed E-state index contributed by atoms with van der Waals surface area (Å²) in [5, 5.41) is 78.8. The van der Waals surface area contributed by atoms with Crippen LogP contribution in [-0.4, -0.2) is 78.6 Å². The van der Waals surface area contributed by atoms with E-state index >= 15 is 0 Å². The number of ether oxygens (including phenoxy) is 5. The van der Waals surface area contributed by atoms with Crippen LogP contribution in [0.25, 0.3) is 0 Å². The molecule has 0 bridgehead atoms. The predicted octanol–water partition coefficient (Wildman–Crippen LogP) is 7.37. The highest BCUT2D eigenvalue weighted by Crippen LogP contribution is 2.50. The van der Waals surface area contributed by atoms with Gasteiger partial charge in [0.05, 0.1) is 18.8 Å². The summed E-state index contributed by atoms with van der Waals surface area (Å²) in [6.07, 6.45) is 13.4. The zero-order chi connectivity index (χ0) is 41.6. The second-order valence-electron chi connectivity index (χ2n) is 14.9. The van der Waals surface area contributed by atoms with Gasteiger partial charge < -0.3 is 64.5 Å².